The smallest absolute Gasteiger partial charge is 0.342 e. The summed E-state index contributed by atoms with van der Waals surface area (Å²) < 4.78 is 38.6. The average Bonchev–Trinajstić information content (AvgIpc) is 2.90. The van der Waals surface area contributed by atoms with E-state index in [0.717, 1.165) is 0 Å². The van der Waals surface area contributed by atoms with Gasteiger partial charge in [0.2, 0.25) is 0 Å². The number of nitrogens with zero attached hydrogens (tertiary/aromatic N) is 2. The molecule has 0 radical (unpaired) electrons. The van der Waals surface area contributed by atoms with Gasteiger partial charge in [0.05, 0.1) is 17.0 Å². The highest BCUT2D eigenvalue weighted by atomic mass is 19.4. The molecule has 21 heavy (non-hydrogen) atoms. The number of fused-ring (bicyclic) bond motifs is 1. The van der Waals surface area contributed by atoms with Crippen LogP contribution in [0.1, 0.15) is 43.0 Å². The van der Waals surface area contributed by atoms with E-state index in [1.807, 2.05) is 0 Å². The number of rotatable bonds is 1. The quantitative estimate of drug-likeness (QED) is 0.853. The van der Waals surface area contributed by atoms with Gasteiger partial charge in [-0.05, 0) is 31.4 Å². The lowest BCUT2D eigenvalue weighted by atomic mass is 9.80. The Morgan fingerprint density at radius 3 is 2.81 bits per heavy atom. The first-order valence-electron chi connectivity index (χ1n) is 6.94. The molecular weight excluding hydrogens is 279 g/mol. The molecule has 1 saturated carbocycles. The number of nitrogens with one attached hydrogen (secondary N) is 1. The maximum absolute atomic E-state index is 12.9. The van der Waals surface area contributed by atoms with E-state index in [2.05, 4.69) is 16.0 Å². The van der Waals surface area contributed by atoms with Gasteiger partial charge in [0, 0.05) is 5.92 Å². The van der Waals surface area contributed by atoms with Crippen LogP contribution < -0.4 is 0 Å². The van der Waals surface area contributed by atoms with Crippen LogP contribution in [0.25, 0.3) is 11.0 Å². The Labute approximate surface area is 119 Å². The third-order valence-corrected chi connectivity index (χ3v) is 4.18. The minimum absolute atomic E-state index is 0.0746. The van der Waals surface area contributed by atoms with E-state index in [4.69, 9.17) is 5.26 Å². The Morgan fingerprint density at radius 2 is 2.10 bits per heavy atom. The molecule has 110 valence electrons. The van der Waals surface area contributed by atoms with Crippen LogP contribution >= 0.6 is 0 Å². The highest BCUT2D eigenvalue weighted by Gasteiger charge is 2.42. The molecule has 0 saturated heterocycles. The number of benzene rings is 1. The molecule has 1 heterocycles. The van der Waals surface area contributed by atoms with E-state index in [1.54, 1.807) is 18.2 Å². The zero-order valence-electron chi connectivity index (χ0n) is 11.2. The second-order valence-electron chi connectivity index (χ2n) is 5.54. The number of imidazole rings is 1. The Morgan fingerprint density at radius 1 is 1.29 bits per heavy atom. The highest BCUT2D eigenvalue weighted by Crippen LogP contribution is 2.43. The van der Waals surface area contributed by atoms with E-state index in [1.165, 1.54) is 0 Å². The van der Waals surface area contributed by atoms with E-state index in [-0.39, 0.29) is 18.8 Å². The summed E-state index contributed by atoms with van der Waals surface area (Å²) in [5.41, 5.74) is 1.69. The lowest BCUT2D eigenvalue weighted by molar-refractivity contribution is -0.183. The lowest BCUT2D eigenvalue weighted by Gasteiger charge is -2.29. The van der Waals surface area contributed by atoms with E-state index >= 15 is 0 Å². The molecule has 1 fully saturated rings. The zero-order valence-corrected chi connectivity index (χ0v) is 11.2. The molecule has 3 nitrogen and oxygen atoms in total. The largest absolute Gasteiger partial charge is 0.391 e. The van der Waals surface area contributed by atoms with Gasteiger partial charge >= 0.3 is 6.18 Å². The summed E-state index contributed by atoms with van der Waals surface area (Å²) in [7, 11) is 0. The SMILES string of the molecule is N#Cc1cccc2[nH]c(C3CCCC(C(F)(F)F)C3)nc12. The Kier molecular flexibility index (Phi) is 3.36. The molecule has 1 aliphatic carbocycles. The third kappa shape index (κ3) is 2.60. The molecular formula is C15H14F3N3. The van der Waals surface area contributed by atoms with Crippen molar-refractivity contribution in [3.63, 3.8) is 0 Å². The van der Waals surface area contributed by atoms with E-state index in [0.29, 0.717) is 35.3 Å². The molecule has 0 amide bonds. The van der Waals surface area contributed by atoms with Gasteiger partial charge in [0.1, 0.15) is 17.4 Å². The lowest BCUT2D eigenvalue weighted by Crippen LogP contribution is -2.28. The second kappa shape index (κ2) is 5.06. The number of nitriles is 1. The van der Waals surface area contributed by atoms with Crippen LogP contribution in [0.2, 0.25) is 0 Å². The van der Waals surface area contributed by atoms with Crippen molar-refractivity contribution in [2.24, 2.45) is 5.92 Å². The van der Waals surface area contributed by atoms with Crippen LogP contribution in [-0.2, 0) is 0 Å². The van der Waals surface area contributed by atoms with Crippen molar-refractivity contribution in [3.05, 3.63) is 29.6 Å². The van der Waals surface area contributed by atoms with E-state index < -0.39 is 12.1 Å². The van der Waals surface area contributed by atoms with Gasteiger partial charge in [-0.2, -0.15) is 18.4 Å². The monoisotopic (exact) mass is 293 g/mol. The van der Waals surface area contributed by atoms with Crippen molar-refractivity contribution in [1.29, 1.82) is 5.26 Å². The Balaban J connectivity index is 1.92. The summed E-state index contributed by atoms with van der Waals surface area (Å²) >= 11 is 0. The predicted octanol–water partition coefficient (Wildman–Crippen LogP) is 4.27. The van der Waals surface area contributed by atoms with Gasteiger partial charge < -0.3 is 4.98 Å². The fourth-order valence-corrected chi connectivity index (χ4v) is 3.07. The topological polar surface area (TPSA) is 52.5 Å². The number of aromatic amines is 1. The van der Waals surface area contributed by atoms with Crippen LogP contribution in [-0.4, -0.2) is 16.1 Å². The normalized spacial score (nSPS) is 23.1. The van der Waals surface area contributed by atoms with Crippen LogP contribution in [0.3, 0.4) is 0 Å². The number of hydrogen-bond acceptors (Lipinski definition) is 2. The maximum Gasteiger partial charge on any atom is 0.391 e. The molecule has 1 N–H and O–H groups in total. The third-order valence-electron chi connectivity index (χ3n) is 4.18. The van der Waals surface area contributed by atoms with Crippen molar-refractivity contribution in [3.8, 4) is 6.07 Å². The number of alkyl halides is 3. The molecule has 0 spiro atoms. The number of halogens is 3. The molecule has 1 aromatic heterocycles. The molecule has 3 rings (SSSR count). The number of aromatic nitrogens is 2. The van der Waals surface area contributed by atoms with Gasteiger partial charge in [-0.3, -0.25) is 0 Å². The van der Waals surface area contributed by atoms with Gasteiger partial charge in [-0.25, -0.2) is 4.98 Å². The van der Waals surface area contributed by atoms with Crippen molar-refractivity contribution >= 4 is 11.0 Å². The van der Waals surface area contributed by atoms with Crippen LogP contribution in [0, 0.1) is 17.2 Å². The number of H-pyrrole nitrogens is 1. The summed E-state index contributed by atoms with van der Waals surface area (Å²) in [5, 5.41) is 9.05. The first kappa shape index (κ1) is 13.9. The van der Waals surface area contributed by atoms with Crippen LogP contribution in [0.4, 0.5) is 13.2 Å². The Bertz CT molecular complexity index is 696. The molecule has 6 heteroatoms. The zero-order chi connectivity index (χ0) is 15.0. The van der Waals surface area contributed by atoms with Crippen LogP contribution in [0.15, 0.2) is 18.2 Å². The average molecular weight is 293 g/mol. The standard InChI is InChI=1S/C15H14F3N3/c16-15(17,18)11-5-1-3-9(7-11)14-20-12-6-2-4-10(8-19)13(12)21-14/h2,4,6,9,11H,1,3,5,7H2,(H,20,21). The molecule has 0 aliphatic heterocycles. The first-order valence-corrected chi connectivity index (χ1v) is 6.94. The minimum Gasteiger partial charge on any atom is -0.342 e. The number of hydrogen-bond donors (Lipinski definition) is 1. The summed E-state index contributed by atoms with van der Waals surface area (Å²) in [5.74, 6) is -0.897. The summed E-state index contributed by atoms with van der Waals surface area (Å²) in [6, 6.07) is 7.24. The van der Waals surface area contributed by atoms with Crippen molar-refractivity contribution < 1.29 is 13.2 Å². The second-order valence-corrected chi connectivity index (χ2v) is 5.54. The van der Waals surface area contributed by atoms with Crippen molar-refractivity contribution in [2.45, 2.75) is 37.8 Å². The van der Waals surface area contributed by atoms with Gasteiger partial charge in [-0.1, -0.05) is 12.5 Å². The summed E-state index contributed by atoms with van der Waals surface area (Å²) in [6.45, 7) is 0. The summed E-state index contributed by atoms with van der Waals surface area (Å²) in [6.07, 6.45) is -2.61. The highest BCUT2D eigenvalue weighted by molar-refractivity contribution is 5.81. The van der Waals surface area contributed by atoms with Crippen molar-refractivity contribution in [2.75, 3.05) is 0 Å². The molecule has 1 aliphatic rings. The van der Waals surface area contributed by atoms with Gasteiger partial charge in [-0.15, -0.1) is 0 Å². The molecule has 2 unspecified atom stereocenters. The summed E-state index contributed by atoms with van der Waals surface area (Å²) in [4.78, 5) is 7.46. The van der Waals surface area contributed by atoms with Gasteiger partial charge in [0.15, 0.2) is 0 Å². The number of para-hydroxylation sites is 1. The molecule has 2 aromatic rings. The van der Waals surface area contributed by atoms with Gasteiger partial charge in [0.25, 0.3) is 0 Å². The maximum atomic E-state index is 12.9. The molecule has 1 aromatic carbocycles. The Hall–Kier alpha value is -2.03. The van der Waals surface area contributed by atoms with E-state index in [9.17, 15) is 13.2 Å². The molecule has 0 bridgehead atoms. The molecule has 2 atom stereocenters. The minimum atomic E-state index is -4.14. The van der Waals surface area contributed by atoms with Crippen LogP contribution in [0.5, 0.6) is 0 Å². The fraction of sp³-hybridized carbons (Fsp3) is 0.467. The predicted molar refractivity (Wildman–Crippen MR) is 71.6 cm³/mol. The van der Waals surface area contributed by atoms with Crippen molar-refractivity contribution in [1.82, 2.24) is 9.97 Å². The first-order chi connectivity index (χ1) is 9.99. The fourth-order valence-electron chi connectivity index (χ4n) is 3.07.